The topological polar surface area (TPSA) is 49.8 Å². The van der Waals surface area contributed by atoms with Crippen LogP contribution in [0.2, 0.25) is 0 Å². The number of rotatable bonds is 9. The number of carbonyl (C=O) groups is 1. The summed E-state index contributed by atoms with van der Waals surface area (Å²) in [7, 11) is 1.42. The zero-order chi connectivity index (χ0) is 15.0. The molecule has 0 spiro atoms. The monoisotopic (exact) mass is 283 g/mol. The predicted molar refractivity (Wildman–Crippen MR) is 75.7 cm³/mol. The smallest absolute Gasteiger partial charge is 0.170 e. The highest BCUT2D eigenvalue weighted by atomic mass is 19.1. The van der Waals surface area contributed by atoms with E-state index in [0.29, 0.717) is 13.1 Å². The zero-order valence-electron chi connectivity index (χ0n) is 12.1. The number of carbonyl (C=O) groups excluding carboxylic acids is 1. The fourth-order valence-corrected chi connectivity index (χ4v) is 2.12. The van der Waals surface area contributed by atoms with Crippen molar-refractivity contribution >= 4 is 5.78 Å². The number of methoxy groups -OCH3 is 1. The number of nitrogens with zero attached hydrogens (tertiary/aromatic N) is 1. The lowest BCUT2D eigenvalue weighted by molar-refractivity contribution is 0.0950. The van der Waals surface area contributed by atoms with Gasteiger partial charge in [-0.1, -0.05) is 13.0 Å². The summed E-state index contributed by atoms with van der Waals surface area (Å²) in [6.07, 6.45) is 1.15. The van der Waals surface area contributed by atoms with Crippen LogP contribution in [0.25, 0.3) is 0 Å². The third-order valence-corrected chi connectivity index (χ3v) is 3.09. The Bertz CT molecular complexity index is 431. The molecule has 0 bridgehead atoms. The van der Waals surface area contributed by atoms with Crippen molar-refractivity contribution in [1.82, 2.24) is 4.90 Å². The fraction of sp³-hybridized carbons (Fsp3) is 0.533. The molecule has 1 aromatic carbocycles. The van der Waals surface area contributed by atoms with E-state index in [4.69, 9.17) is 9.84 Å². The first-order valence-electron chi connectivity index (χ1n) is 6.83. The second-order valence-electron chi connectivity index (χ2n) is 4.56. The van der Waals surface area contributed by atoms with Crippen molar-refractivity contribution in [3.05, 3.63) is 29.6 Å². The number of aliphatic hydroxyl groups is 1. The number of Topliss-reactive ketones (excluding diaryl/α,β-unsaturated/α-hetero) is 1. The molecule has 0 heterocycles. The molecular formula is C15H22FNO3. The van der Waals surface area contributed by atoms with Crippen LogP contribution in [0.4, 0.5) is 4.39 Å². The molecule has 1 aromatic rings. The molecule has 20 heavy (non-hydrogen) atoms. The molecule has 5 heteroatoms. The second kappa shape index (κ2) is 8.66. The van der Waals surface area contributed by atoms with Gasteiger partial charge in [-0.05, 0) is 25.1 Å². The predicted octanol–water partition coefficient (Wildman–Crippen LogP) is 2.11. The molecule has 0 aliphatic heterocycles. The number of ketones is 1. The fourth-order valence-electron chi connectivity index (χ4n) is 2.12. The molecule has 0 atom stereocenters. The summed E-state index contributed by atoms with van der Waals surface area (Å²) < 4.78 is 18.8. The van der Waals surface area contributed by atoms with Crippen molar-refractivity contribution in [3.8, 4) is 5.75 Å². The first-order chi connectivity index (χ1) is 9.63. The summed E-state index contributed by atoms with van der Waals surface area (Å²) >= 11 is 0. The molecule has 0 aromatic heterocycles. The Morgan fingerprint density at radius 2 is 2.10 bits per heavy atom. The summed E-state index contributed by atoms with van der Waals surface area (Å²) in [4.78, 5) is 14.1. The number of hydrogen-bond donors (Lipinski definition) is 1. The van der Waals surface area contributed by atoms with E-state index in [2.05, 4.69) is 0 Å². The van der Waals surface area contributed by atoms with Gasteiger partial charge in [-0.2, -0.15) is 0 Å². The highest BCUT2D eigenvalue weighted by molar-refractivity contribution is 5.99. The van der Waals surface area contributed by atoms with E-state index < -0.39 is 5.82 Å². The minimum Gasteiger partial charge on any atom is -0.496 e. The molecule has 0 saturated heterocycles. The average molecular weight is 283 g/mol. The van der Waals surface area contributed by atoms with Gasteiger partial charge < -0.3 is 14.7 Å². The lowest BCUT2D eigenvalue weighted by Gasteiger charge is -2.20. The molecule has 0 unspecified atom stereocenters. The summed E-state index contributed by atoms with van der Waals surface area (Å²) in [6, 6.07) is 4.35. The van der Waals surface area contributed by atoms with Crippen molar-refractivity contribution in [3.63, 3.8) is 0 Å². The summed E-state index contributed by atoms with van der Waals surface area (Å²) in [5.74, 6) is -0.572. The minimum absolute atomic E-state index is 0.00967. The normalized spacial score (nSPS) is 10.8. The van der Waals surface area contributed by atoms with Gasteiger partial charge in [0.05, 0.1) is 19.3 Å². The number of halogens is 1. The van der Waals surface area contributed by atoms with Gasteiger partial charge in [-0.3, -0.25) is 4.79 Å². The maximum atomic E-state index is 13.8. The van der Waals surface area contributed by atoms with E-state index in [9.17, 15) is 9.18 Å². The number of hydrogen-bond acceptors (Lipinski definition) is 4. The first kappa shape index (κ1) is 16.6. The van der Waals surface area contributed by atoms with Crippen LogP contribution >= 0.6 is 0 Å². The van der Waals surface area contributed by atoms with Crippen molar-refractivity contribution in [2.24, 2.45) is 0 Å². The number of aliphatic hydroxyl groups excluding tert-OH is 1. The van der Waals surface area contributed by atoms with E-state index in [1.54, 1.807) is 6.07 Å². The van der Waals surface area contributed by atoms with Gasteiger partial charge in [0.2, 0.25) is 0 Å². The first-order valence-corrected chi connectivity index (χ1v) is 6.83. The van der Waals surface area contributed by atoms with E-state index in [1.165, 1.54) is 19.2 Å². The van der Waals surface area contributed by atoms with Crippen LogP contribution in [-0.2, 0) is 0 Å². The molecule has 0 radical (unpaired) electrons. The standard InChI is InChI=1S/C15H22FNO3/c1-3-8-17(10-11-18)9-7-13(19)15-12(16)5-4-6-14(15)20-2/h4-6,18H,3,7-11H2,1-2H3. The van der Waals surface area contributed by atoms with Crippen LogP contribution < -0.4 is 4.74 Å². The third-order valence-electron chi connectivity index (χ3n) is 3.09. The molecule has 1 N–H and O–H groups in total. The quantitative estimate of drug-likeness (QED) is 0.705. The van der Waals surface area contributed by atoms with E-state index in [0.717, 1.165) is 13.0 Å². The lowest BCUT2D eigenvalue weighted by atomic mass is 10.1. The average Bonchev–Trinajstić information content (AvgIpc) is 2.44. The van der Waals surface area contributed by atoms with Gasteiger partial charge in [-0.15, -0.1) is 0 Å². The van der Waals surface area contributed by atoms with Crippen molar-refractivity contribution < 1.29 is 19.0 Å². The second-order valence-corrected chi connectivity index (χ2v) is 4.56. The van der Waals surface area contributed by atoms with E-state index >= 15 is 0 Å². The van der Waals surface area contributed by atoms with Gasteiger partial charge >= 0.3 is 0 Å². The highest BCUT2D eigenvalue weighted by Crippen LogP contribution is 2.22. The SMILES string of the molecule is CCCN(CCO)CCC(=O)c1c(F)cccc1OC. The maximum Gasteiger partial charge on any atom is 0.170 e. The largest absolute Gasteiger partial charge is 0.496 e. The Labute approximate surface area is 119 Å². The van der Waals surface area contributed by atoms with Crippen LogP contribution in [-0.4, -0.2) is 49.1 Å². The highest BCUT2D eigenvalue weighted by Gasteiger charge is 2.18. The van der Waals surface area contributed by atoms with Crippen LogP contribution in [0.3, 0.4) is 0 Å². The molecule has 0 saturated carbocycles. The van der Waals surface area contributed by atoms with Crippen molar-refractivity contribution in [1.29, 1.82) is 0 Å². The summed E-state index contributed by atoms with van der Waals surface area (Å²) in [5, 5.41) is 8.97. The number of benzene rings is 1. The van der Waals surface area contributed by atoms with Crippen LogP contribution in [0.1, 0.15) is 30.1 Å². The van der Waals surface area contributed by atoms with Crippen LogP contribution in [0.5, 0.6) is 5.75 Å². The molecule has 4 nitrogen and oxygen atoms in total. The molecule has 0 aliphatic carbocycles. The van der Waals surface area contributed by atoms with Crippen molar-refractivity contribution in [2.45, 2.75) is 19.8 Å². The van der Waals surface area contributed by atoms with E-state index in [-0.39, 0.29) is 30.1 Å². The Morgan fingerprint density at radius 1 is 1.35 bits per heavy atom. The minimum atomic E-state index is -0.557. The molecule has 112 valence electrons. The third kappa shape index (κ3) is 4.58. The Morgan fingerprint density at radius 3 is 2.70 bits per heavy atom. The zero-order valence-corrected chi connectivity index (χ0v) is 12.1. The van der Waals surface area contributed by atoms with Gasteiger partial charge in [0.15, 0.2) is 5.78 Å². The maximum absolute atomic E-state index is 13.8. The molecule has 0 fully saturated rings. The number of ether oxygens (including phenoxy) is 1. The molecule has 1 rings (SSSR count). The van der Waals surface area contributed by atoms with Gasteiger partial charge in [0.25, 0.3) is 0 Å². The summed E-state index contributed by atoms with van der Waals surface area (Å²) in [5.41, 5.74) is 0.00967. The van der Waals surface area contributed by atoms with Crippen LogP contribution in [0.15, 0.2) is 18.2 Å². The summed E-state index contributed by atoms with van der Waals surface area (Å²) in [6.45, 7) is 3.92. The molecule has 0 aliphatic rings. The van der Waals surface area contributed by atoms with Gasteiger partial charge in [0.1, 0.15) is 11.6 Å². The van der Waals surface area contributed by atoms with Gasteiger partial charge in [-0.25, -0.2) is 4.39 Å². The molecule has 0 amide bonds. The van der Waals surface area contributed by atoms with Crippen LogP contribution in [0, 0.1) is 5.82 Å². The van der Waals surface area contributed by atoms with Gasteiger partial charge in [0, 0.05) is 19.5 Å². The Hall–Kier alpha value is -1.46. The lowest BCUT2D eigenvalue weighted by Crippen LogP contribution is -2.30. The van der Waals surface area contributed by atoms with E-state index in [1.807, 2.05) is 11.8 Å². The Balaban J connectivity index is 2.71. The molecular weight excluding hydrogens is 261 g/mol. The van der Waals surface area contributed by atoms with Crippen molar-refractivity contribution in [2.75, 3.05) is 33.4 Å². The Kier molecular flexibility index (Phi) is 7.18.